The van der Waals surface area contributed by atoms with E-state index >= 15 is 0 Å². The van der Waals surface area contributed by atoms with Gasteiger partial charge in [-0.1, -0.05) is 0 Å². The van der Waals surface area contributed by atoms with Crippen molar-refractivity contribution in [2.45, 2.75) is 26.4 Å². The van der Waals surface area contributed by atoms with Crippen LogP contribution in [-0.2, 0) is 20.9 Å². The average molecular weight is 378 g/mol. The molecule has 0 amide bonds. The fourth-order valence-corrected chi connectivity index (χ4v) is 3.63. The van der Waals surface area contributed by atoms with Gasteiger partial charge < -0.3 is 19.3 Å². The van der Waals surface area contributed by atoms with Crippen molar-refractivity contribution < 1.29 is 28.5 Å². The number of carboxylic acid groups (broad SMARTS) is 1. The van der Waals surface area contributed by atoms with Crippen LogP contribution >= 0.6 is 0 Å². The molecule has 7 nitrogen and oxygen atoms in total. The molecule has 0 radical (unpaired) electrons. The number of rotatable bonds is 8. The SMILES string of the molecule is COCc1nc(C)ncc1OC[C@@]1(C2C=C(OC)C=C(F)C2)C[C@H]1C(=O)O. The lowest BCUT2D eigenvalue weighted by Crippen LogP contribution is -2.28. The van der Waals surface area contributed by atoms with E-state index in [1.54, 1.807) is 26.3 Å². The van der Waals surface area contributed by atoms with Crippen LogP contribution in [0.2, 0.25) is 0 Å². The van der Waals surface area contributed by atoms with Gasteiger partial charge in [-0.25, -0.2) is 14.4 Å². The van der Waals surface area contributed by atoms with E-state index in [9.17, 15) is 14.3 Å². The minimum absolute atomic E-state index is 0.124. The maximum atomic E-state index is 14.0. The molecule has 2 aliphatic rings. The third kappa shape index (κ3) is 3.95. The molecule has 1 unspecified atom stereocenters. The summed E-state index contributed by atoms with van der Waals surface area (Å²) in [5.74, 6) is -0.716. The number of aryl methyl sites for hydroxylation is 1. The number of halogens is 1. The largest absolute Gasteiger partial charge is 0.497 e. The van der Waals surface area contributed by atoms with Gasteiger partial charge in [0, 0.05) is 25.0 Å². The highest BCUT2D eigenvalue weighted by Gasteiger charge is 2.63. The number of aliphatic carboxylic acids is 1. The monoisotopic (exact) mass is 378 g/mol. The first-order chi connectivity index (χ1) is 12.9. The Balaban J connectivity index is 1.83. The van der Waals surface area contributed by atoms with Crippen molar-refractivity contribution in [3.8, 4) is 5.75 Å². The fourth-order valence-electron chi connectivity index (χ4n) is 3.63. The summed E-state index contributed by atoms with van der Waals surface area (Å²) in [6, 6.07) is 0. The zero-order valence-electron chi connectivity index (χ0n) is 15.6. The summed E-state index contributed by atoms with van der Waals surface area (Å²) in [4.78, 5) is 20.1. The third-order valence-corrected chi connectivity index (χ3v) is 5.20. The molecule has 0 bridgehead atoms. The zero-order chi connectivity index (χ0) is 19.6. The molecule has 1 saturated carbocycles. The van der Waals surface area contributed by atoms with Gasteiger partial charge in [0.25, 0.3) is 0 Å². The van der Waals surface area contributed by atoms with Gasteiger partial charge in [-0.3, -0.25) is 4.79 Å². The average Bonchev–Trinajstić information content (AvgIpc) is 3.37. The minimum atomic E-state index is -0.904. The number of carboxylic acids is 1. The first kappa shape index (κ1) is 19.3. The summed E-state index contributed by atoms with van der Waals surface area (Å²) in [5, 5.41) is 9.52. The van der Waals surface area contributed by atoms with E-state index in [4.69, 9.17) is 14.2 Å². The van der Waals surface area contributed by atoms with Gasteiger partial charge in [-0.2, -0.15) is 0 Å². The maximum Gasteiger partial charge on any atom is 0.307 e. The van der Waals surface area contributed by atoms with Crippen LogP contribution in [0.4, 0.5) is 4.39 Å². The number of methoxy groups -OCH3 is 2. The van der Waals surface area contributed by atoms with E-state index < -0.39 is 17.3 Å². The van der Waals surface area contributed by atoms with E-state index in [1.807, 2.05) is 0 Å². The lowest BCUT2D eigenvalue weighted by Gasteiger charge is -2.28. The molecule has 146 valence electrons. The Labute approximate surface area is 156 Å². The second kappa shape index (κ2) is 7.64. The quantitative estimate of drug-likeness (QED) is 0.744. The van der Waals surface area contributed by atoms with Crippen molar-refractivity contribution in [1.29, 1.82) is 0 Å². The topological polar surface area (TPSA) is 90.8 Å². The van der Waals surface area contributed by atoms with Crippen LogP contribution < -0.4 is 4.74 Å². The van der Waals surface area contributed by atoms with Gasteiger partial charge in [-0.15, -0.1) is 0 Å². The normalized spacial score (nSPS) is 26.8. The van der Waals surface area contributed by atoms with Gasteiger partial charge in [0.2, 0.25) is 0 Å². The molecule has 0 aliphatic heterocycles. The molecule has 2 aliphatic carbocycles. The molecule has 1 heterocycles. The molecule has 0 aromatic carbocycles. The molecular weight excluding hydrogens is 355 g/mol. The Hall–Kier alpha value is -2.48. The standard InChI is InChI=1S/C19H23FN2O5/c1-11-21-8-17(16(22-11)9-25-2)27-10-19(7-15(19)18(23)24)12-4-13(20)6-14(5-12)26-3/h5-6,8,12,15H,4,7,9-10H2,1-3H3,(H,23,24)/t12?,15-,19+/m0/s1. The molecule has 3 atom stereocenters. The van der Waals surface area contributed by atoms with Crippen LogP contribution in [0.5, 0.6) is 5.75 Å². The Morgan fingerprint density at radius 2 is 2.22 bits per heavy atom. The molecule has 0 saturated heterocycles. The summed E-state index contributed by atoms with van der Waals surface area (Å²) < 4.78 is 30.3. The minimum Gasteiger partial charge on any atom is -0.497 e. The summed E-state index contributed by atoms with van der Waals surface area (Å²) in [6.07, 6.45) is 5.22. The predicted molar refractivity (Wildman–Crippen MR) is 93.5 cm³/mol. The summed E-state index contributed by atoms with van der Waals surface area (Å²) in [6.45, 7) is 2.14. The highest BCUT2D eigenvalue weighted by molar-refractivity contribution is 5.75. The van der Waals surface area contributed by atoms with E-state index in [1.165, 1.54) is 13.2 Å². The van der Waals surface area contributed by atoms with Crippen LogP contribution in [0.15, 0.2) is 29.9 Å². The third-order valence-electron chi connectivity index (χ3n) is 5.20. The summed E-state index contributed by atoms with van der Waals surface area (Å²) in [5.41, 5.74) is -0.105. The second-order valence-electron chi connectivity index (χ2n) is 6.95. The number of aromatic nitrogens is 2. The van der Waals surface area contributed by atoms with Gasteiger partial charge in [0.1, 0.15) is 23.1 Å². The summed E-state index contributed by atoms with van der Waals surface area (Å²) >= 11 is 0. The van der Waals surface area contributed by atoms with E-state index in [0.717, 1.165) is 0 Å². The molecule has 1 fully saturated rings. The first-order valence-electron chi connectivity index (χ1n) is 8.68. The predicted octanol–water partition coefficient (Wildman–Crippen LogP) is 2.80. The van der Waals surface area contributed by atoms with Crippen molar-refractivity contribution >= 4 is 5.97 Å². The fraction of sp³-hybridized carbons (Fsp3) is 0.526. The molecule has 27 heavy (non-hydrogen) atoms. The van der Waals surface area contributed by atoms with Gasteiger partial charge in [0.05, 0.1) is 32.4 Å². The first-order valence-corrected chi connectivity index (χ1v) is 8.68. The summed E-state index contributed by atoms with van der Waals surface area (Å²) in [7, 11) is 3.02. The number of allylic oxidation sites excluding steroid dienone is 3. The van der Waals surface area contributed by atoms with Gasteiger partial charge >= 0.3 is 5.97 Å². The highest BCUT2D eigenvalue weighted by atomic mass is 19.1. The number of hydrogen-bond donors (Lipinski definition) is 1. The number of nitrogens with zero attached hydrogens (tertiary/aromatic N) is 2. The molecule has 3 rings (SSSR count). The Morgan fingerprint density at radius 3 is 2.85 bits per heavy atom. The van der Waals surface area contributed by atoms with Crippen LogP contribution in [-0.4, -0.2) is 41.9 Å². The van der Waals surface area contributed by atoms with E-state index in [0.29, 0.717) is 29.4 Å². The highest BCUT2D eigenvalue weighted by Crippen LogP contribution is 2.61. The number of ether oxygens (including phenoxy) is 3. The molecule has 0 spiro atoms. The molecular formula is C19H23FN2O5. The number of hydrogen-bond acceptors (Lipinski definition) is 6. The van der Waals surface area contributed by atoms with Crippen molar-refractivity contribution in [1.82, 2.24) is 9.97 Å². The Morgan fingerprint density at radius 1 is 1.44 bits per heavy atom. The van der Waals surface area contributed by atoms with Crippen LogP contribution in [0, 0.1) is 24.2 Å². The smallest absolute Gasteiger partial charge is 0.307 e. The van der Waals surface area contributed by atoms with Crippen molar-refractivity contribution in [2.24, 2.45) is 17.3 Å². The van der Waals surface area contributed by atoms with Crippen LogP contribution in [0.1, 0.15) is 24.4 Å². The molecule has 1 aromatic rings. The van der Waals surface area contributed by atoms with E-state index in [2.05, 4.69) is 9.97 Å². The Kier molecular flexibility index (Phi) is 5.46. The van der Waals surface area contributed by atoms with Crippen LogP contribution in [0.3, 0.4) is 0 Å². The lowest BCUT2D eigenvalue weighted by atomic mass is 9.82. The maximum absolute atomic E-state index is 14.0. The van der Waals surface area contributed by atoms with Gasteiger partial charge in [-0.05, 0) is 25.3 Å². The number of carbonyl (C=O) groups is 1. The zero-order valence-corrected chi connectivity index (χ0v) is 15.6. The molecule has 1 aromatic heterocycles. The van der Waals surface area contributed by atoms with Crippen LogP contribution in [0.25, 0.3) is 0 Å². The van der Waals surface area contributed by atoms with Crippen molar-refractivity contribution in [3.63, 3.8) is 0 Å². The van der Waals surface area contributed by atoms with E-state index in [-0.39, 0.29) is 31.4 Å². The van der Waals surface area contributed by atoms with Crippen molar-refractivity contribution in [2.75, 3.05) is 20.8 Å². The van der Waals surface area contributed by atoms with Gasteiger partial charge in [0.15, 0.2) is 5.75 Å². The molecule has 1 N–H and O–H groups in total. The van der Waals surface area contributed by atoms with Crippen molar-refractivity contribution in [3.05, 3.63) is 41.5 Å². The lowest BCUT2D eigenvalue weighted by molar-refractivity contribution is -0.140. The Bertz CT molecular complexity index is 794. The second-order valence-corrected chi connectivity index (χ2v) is 6.95. The molecule has 8 heteroatoms.